The van der Waals surface area contributed by atoms with Crippen molar-refractivity contribution in [2.45, 2.75) is 68.4 Å². The van der Waals surface area contributed by atoms with Crippen LogP contribution < -0.4 is 20.1 Å². The van der Waals surface area contributed by atoms with Gasteiger partial charge in [-0.1, -0.05) is 11.6 Å². The molecular formula is C29H30ClF5N6O2. The SMILES string of the molecule is CN1CCC2(CCC2)Oc2nc(-c3cc(N)cc(Cl)c3C(F)(F)F)c(F)c3nc(OC[C@@]45CCCN4C[C@H](F)C5)nc1c23. The molecule has 2 saturated heterocycles. The van der Waals surface area contributed by atoms with Crippen LogP contribution in [-0.4, -0.2) is 70.5 Å². The number of fused-ring (bicyclic) bond motifs is 1. The number of alkyl halides is 4. The molecule has 0 radical (unpaired) electrons. The number of rotatable bonds is 4. The largest absolute Gasteiger partial charge is 0.470 e. The maximum Gasteiger partial charge on any atom is 0.418 e. The fourth-order valence-corrected chi connectivity index (χ4v) is 7.44. The second-order valence-electron chi connectivity index (χ2n) is 12.2. The molecule has 14 heteroatoms. The lowest BCUT2D eigenvalue weighted by molar-refractivity contribution is -0.137. The van der Waals surface area contributed by atoms with Gasteiger partial charge in [-0.2, -0.15) is 23.1 Å². The first-order valence-electron chi connectivity index (χ1n) is 14.4. The first-order valence-corrected chi connectivity index (χ1v) is 14.8. The van der Waals surface area contributed by atoms with Crippen molar-refractivity contribution in [1.82, 2.24) is 19.9 Å². The standard InChI is InChI=1S/C29H30ClF5N6O2/c1-40-9-7-28(5-2-6-28)43-25-19-23(21(32)22(37-25)17-10-16(36)11-18(30)20(17)29(33,34)35)38-26(39-24(19)40)42-14-27-4-3-8-41(27)13-15(31)12-27/h10-11,15H,2-9,12-14,36H2,1H3/t15-,27+/m1/s1. The lowest BCUT2D eigenvalue weighted by Crippen LogP contribution is -2.47. The van der Waals surface area contributed by atoms with E-state index in [0.717, 1.165) is 50.8 Å². The molecule has 2 aromatic heterocycles. The van der Waals surface area contributed by atoms with Crippen LogP contribution in [0.5, 0.6) is 11.9 Å². The van der Waals surface area contributed by atoms with Crippen LogP contribution in [0.1, 0.15) is 50.5 Å². The Balaban J connectivity index is 1.42. The van der Waals surface area contributed by atoms with Crippen LogP contribution in [0.4, 0.5) is 33.5 Å². The zero-order valence-corrected chi connectivity index (χ0v) is 24.2. The number of nitrogens with zero attached hydrogens (tertiary/aromatic N) is 5. The predicted octanol–water partition coefficient (Wildman–Crippen LogP) is 6.18. The number of benzene rings is 1. The van der Waals surface area contributed by atoms with Crippen molar-refractivity contribution in [3.05, 3.63) is 28.5 Å². The van der Waals surface area contributed by atoms with E-state index >= 15 is 4.39 Å². The van der Waals surface area contributed by atoms with Crippen LogP contribution in [0, 0.1) is 5.82 Å². The first kappa shape index (κ1) is 28.6. The highest BCUT2D eigenvalue weighted by Crippen LogP contribution is 2.49. The van der Waals surface area contributed by atoms with E-state index < -0.39 is 51.1 Å². The number of nitrogen functional groups attached to an aromatic ring is 1. The molecule has 3 fully saturated rings. The molecule has 43 heavy (non-hydrogen) atoms. The molecule has 3 aliphatic heterocycles. The monoisotopic (exact) mass is 624 g/mol. The summed E-state index contributed by atoms with van der Waals surface area (Å²) < 4.78 is 86.1. The minimum atomic E-state index is -4.93. The summed E-state index contributed by atoms with van der Waals surface area (Å²) in [7, 11) is 1.79. The minimum Gasteiger partial charge on any atom is -0.470 e. The second-order valence-corrected chi connectivity index (χ2v) is 12.6. The number of anilines is 2. The van der Waals surface area contributed by atoms with Crippen LogP contribution in [0.25, 0.3) is 22.2 Å². The van der Waals surface area contributed by atoms with Gasteiger partial charge in [0.05, 0.1) is 16.1 Å². The average Bonchev–Trinajstić information content (AvgIpc) is 3.43. The van der Waals surface area contributed by atoms with Gasteiger partial charge >= 0.3 is 12.2 Å². The van der Waals surface area contributed by atoms with E-state index in [1.807, 2.05) is 4.90 Å². The first-order chi connectivity index (χ1) is 20.4. The number of ether oxygens (including phenoxy) is 2. The Kier molecular flexibility index (Phi) is 6.59. The molecule has 3 aromatic rings. The molecule has 2 atom stereocenters. The second kappa shape index (κ2) is 9.91. The molecule has 4 aliphatic rings. The predicted molar refractivity (Wildman–Crippen MR) is 151 cm³/mol. The van der Waals surface area contributed by atoms with Gasteiger partial charge in [-0.05, 0) is 50.8 Å². The lowest BCUT2D eigenvalue weighted by Gasteiger charge is -2.44. The quantitative estimate of drug-likeness (QED) is 0.272. The van der Waals surface area contributed by atoms with Gasteiger partial charge in [0.25, 0.3) is 0 Å². The summed E-state index contributed by atoms with van der Waals surface area (Å²) in [5.41, 5.74) is 1.84. The number of nitrogens with two attached hydrogens (primary N) is 1. The van der Waals surface area contributed by atoms with E-state index in [-0.39, 0.29) is 40.9 Å². The Bertz CT molecular complexity index is 1620. The average molecular weight is 625 g/mol. The smallest absolute Gasteiger partial charge is 0.418 e. The number of pyridine rings is 1. The fourth-order valence-electron chi connectivity index (χ4n) is 7.10. The van der Waals surface area contributed by atoms with E-state index in [0.29, 0.717) is 25.9 Å². The number of hydrogen-bond acceptors (Lipinski definition) is 8. The summed E-state index contributed by atoms with van der Waals surface area (Å²) in [6.07, 6.45) is -0.985. The van der Waals surface area contributed by atoms with E-state index in [4.69, 9.17) is 26.8 Å². The fraction of sp³-hybridized carbons (Fsp3) is 0.552. The lowest BCUT2D eigenvalue weighted by atomic mass is 9.77. The van der Waals surface area contributed by atoms with Crippen molar-refractivity contribution in [1.29, 1.82) is 0 Å². The highest BCUT2D eigenvalue weighted by atomic mass is 35.5. The molecule has 0 bridgehead atoms. The van der Waals surface area contributed by atoms with Crippen molar-refractivity contribution >= 4 is 34.0 Å². The Morgan fingerprint density at radius 2 is 1.91 bits per heavy atom. The molecule has 8 nitrogen and oxygen atoms in total. The van der Waals surface area contributed by atoms with Crippen LogP contribution in [0.2, 0.25) is 5.02 Å². The molecule has 230 valence electrons. The summed E-state index contributed by atoms with van der Waals surface area (Å²) in [5, 5.41) is -0.547. The molecule has 1 aliphatic carbocycles. The van der Waals surface area contributed by atoms with Gasteiger partial charge in [0, 0.05) is 44.2 Å². The highest BCUT2D eigenvalue weighted by Gasteiger charge is 2.50. The van der Waals surface area contributed by atoms with Crippen LogP contribution in [0.15, 0.2) is 12.1 Å². The van der Waals surface area contributed by atoms with E-state index in [1.54, 1.807) is 7.05 Å². The normalized spacial score (nSPS) is 24.9. The summed E-state index contributed by atoms with van der Waals surface area (Å²) in [5.74, 6) is -0.910. The van der Waals surface area contributed by atoms with Crippen molar-refractivity contribution in [2.75, 3.05) is 43.9 Å². The third-order valence-corrected chi connectivity index (χ3v) is 9.73. The van der Waals surface area contributed by atoms with Gasteiger partial charge in [-0.15, -0.1) is 0 Å². The number of aromatic nitrogens is 3. The van der Waals surface area contributed by atoms with Gasteiger partial charge in [-0.25, -0.2) is 13.8 Å². The molecule has 1 spiro atoms. The molecule has 2 N–H and O–H groups in total. The van der Waals surface area contributed by atoms with Crippen molar-refractivity contribution in [2.24, 2.45) is 0 Å². The van der Waals surface area contributed by atoms with Crippen molar-refractivity contribution in [3.8, 4) is 23.1 Å². The van der Waals surface area contributed by atoms with E-state index in [1.165, 1.54) is 0 Å². The van der Waals surface area contributed by atoms with Gasteiger partial charge in [0.2, 0.25) is 5.88 Å². The summed E-state index contributed by atoms with van der Waals surface area (Å²) in [6.45, 7) is 1.70. The topological polar surface area (TPSA) is 89.6 Å². The Labute approximate surface area is 249 Å². The third kappa shape index (κ3) is 4.70. The molecule has 7 rings (SSSR count). The van der Waals surface area contributed by atoms with Gasteiger partial charge in [-0.3, -0.25) is 4.90 Å². The number of hydrogen-bond donors (Lipinski definition) is 1. The van der Waals surface area contributed by atoms with Crippen LogP contribution in [-0.2, 0) is 6.18 Å². The molecule has 1 aromatic carbocycles. The van der Waals surface area contributed by atoms with Crippen LogP contribution in [0.3, 0.4) is 0 Å². The van der Waals surface area contributed by atoms with Gasteiger partial charge in [0.1, 0.15) is 40.8 Å². The Hall–Kier alpha value is -3.19. The zero-order chi connectivity index (χ0) is 30.3. The molecular weight excluding hydrogens is 595 g/mol. The molecule has 1 saturated carbocycles. The summed E-state index contributed by atoms with van der Waals surface area (Å²) in [6, 6.07) is 1.79. The van der Waals surface area contributed by atoms with Crippen LogP contribution >= 0.6 is 11.6 Å². The highest BCUT2D eigenvalue weighted by molar-refractivity contribution is 6.32. The third-order valence-electron chi connectivity index (χ3n) is 9.44. The van der Waals surface area contributed by atoms with E-state index in [9.17, 15) is 17.6 Å². The van der Waals surface area contributed by atoms with Crippen molar-refractivity contribution in [3.63, 3.8) is 0 Å². The van der Waals surface area contributed by atoms with E-state index in [2.05, 4.69) is 19.9 Å². The maximum atomic E-state index is 16.6. The molecule has 0 unspecified atom stereocenters. The van der Waals surface area contributed by atoms with Gasteiger partial charge in [0.15, 0.2) is 5.82 Å². The zero-order valence-electron chi connectivity index (χ0n) is 23.4. The Morgan fingerprint density at radius 1 is 1.12 bits per heavy atom. The maximum absolute atomic E-state index is 16.6. The Morgan fingerprint density at radius 3 is 2.63 bits per heavy atom. The van der Waals surface area contributed by atoms with Gasteiger partial charge < -0.3 is 20.1 Å². The minimum absolute atomic E-state index is 0.0671. The summed E-state index contributed by atoms with van der Waals surface area (Å²) >= 11 is 6.01. The van der Waals surface area contributed by atoms with Crippen molar-refractivity contribution < 1.29 is 31.4 Å². The summed E-state index contributed by atoms with van der Waals surface area (Å²) in [4.78, 5) is 17.2. The molecule has 0 amide bonds. The molecule has 5 heterocycles. The number of halogens is 6.